The van der Waals surface area contributed by atoms with Gasteiger partial charge in [0.25, 0.3) is 5.91 Å². The molecule has 146 valence electrons. The Balaban J connectivity index is 1.72. The Hall–Kier alpha value is -1.81. The Labute approximate surface area is 163 Å². The molecular formula is C18H23N3O4S2. The molecule has 9 heteroatoms. The predicted molar refractivity (Wildman–Crippen MR) is 105 cm³/mol. The van der Waals surface area contributed by atoms with Crippen LogP contribution in [0.4, 0.5) is 5.13 Å². The monoisotopic (exact) mass is 409 g/mol. The number of ether oxygens (including phenoxy) is 1. The van der Waals surface area contributed by atoms with Gasteiger partial charge in [0.05, 0.1) is 17.2 Å². The van der Waals surface area contributed by atoms with Gasteiger partial charge in [-0.05, 0) is 43.4 Å². The summed E-state index contributed by atoms with van der Waals surface area (Å²) in [5, 5.41) is 3.36. The van der Waals surface area contributed by atoms with Gasteiger partial charge in [-0.3, -0.25) is 10.1 Å². The highest BCUT2D eigenvalue weighted by Gasteiger charge is 2.21. The highest BCUT2D eigenvalue weighted by Crippen LogP contribution is 2.32. The van der Waals surface area contributed by atoms with Gasteiger partial charge in [0.1, 0.15) is 0 Å². The minimum absolute atomic E-state index is 0.0403. The number of methoxy groups -OCH3 is 1. The van der Waals surface area contributed by atoms with Crippen molar-refractivity contribution >= 4 is 32.4 Å². The fourth-order valence-corrected chi connectivity index (χ4v) is 5.15. The summed E-state index contributed by atoms with van der Waals surface area (Å²) in [7, 11) is -2.20. The highest BCUT2D eigenvalue weighted by molar-refractivity contribution is 7.89. The third-order valence-corrected chi connectivity index (χ3v) is 6.91. The van der Waals surface area contributed by atoms with Gasteiger partial charge in [-0.2, -0.15) is 0 Å². The molecule has 1 atom stereocenters. The van der Waals surface area contributed by atoms with E-state index in [0.29, 0.717) is 11.0 Å². The molecule has 1 heterocycles. The van der Waals surface area contributed by atoms with E-state index in [0.717, 1.165) is 25.0 Å². The number of carbonyl (C=O) groups excluding carboxylic acids is 1. The molecule has 7 nitrogen and oxygen atoms in total. The van der Waals surface area contributed by atoms with E-state index in [1.165, 1.54) is 35.5 Å². The minimum Gasteiger partial charge on any atom is -0.383 e. The number of nitrogens with one attached hydrogen (secondary N) is 2. The number of thiazole rings is 1. The van der Waals surface area contributed by atoms with Crippen molar-refractivity contribution in [1.82, 2.24) is 9.71 Å². The summed E-state index contributed by atoms with van der Waals surface area (Å²) in [5.41, 5.74) is 1.33. The van der Waals surface area contributed by atoms with E-state index in [2.05, 4.69) is 21.9 Å². The van der Waals surface area contributed by atoms with Crippen LogP contribution in [0.1, 0.15) is 34.3 Å². The zero-order valence-electron chi connectivity index (χ0n) is 15.3. The van der Waals surface area contributed by atoms with Crippen molar-refractivity contribution in [2.45, 2.75) is 31.1 Å². The molecule has 0 radical (unpaired) electrons. The normalized spacial score (nSPS) is 16.7. The first-order chi connectivity index (χ1) is 12.9. The van der Waals surface area contributed by atoms with Crippen molar-refractivity contribution in [3.63, 3.8) is 0 Å². The molecule has 0 spiro atoms. The van der Waals surface area contributed by atoms with Crippen LogP contribution in [0.3, 0.4) is 0 Å². The van der Waals surface area contributed by atoms with Crippen LogP contribution < -0.4 is 10.0 Å². The quantitative estimate of drug-likeness (QED) is 0.685. The fourth-order valence-electron chi connectivity index (χ4n) is 2.93. The summed E-state index contributed by atoms with van der Waals surface area (Å²) in [6.07, 6.45) is 3.04. The summed E-state index contributed by atoms with van der Waals surface area (Å²) in [6.45, 7) is 2.65. The largest absolute Gasteiger partial charge is 0.383 e. The number of amides is 1. The number of aryl methyl sites for hydroxylation is 1. The number of carbonyl (C=O) groups is 1. The van der Waals surface area contributed by atoms with Crippen molar-refractivity contribution in [1.29, 1.82) is 0 Å². The van der Waals surface area contributed by atoms with E-state index in [1.807, 2.05) is 0 Å². The topological polar surface area (TPSA) is 97.4 Å². The summed E-state index contributed by atoms with van der Waals surface area (Å²) < 4.78 is 31.9. The second-order valence-corrected chi connectivity index (χ2v) is 9.46. The molecule has 0 aliphatic heterocycles. The molecule has 0 unspecified atom stereocenters. The second-order valence-electron chi connectivity index (χ2n) is 6.61. The molecule has 1 aliphatic carbocycles. The third kappa shape index (κ3) is 4.92. The zero-order chi connectivity index (χ0) is 19.4. The number of fused-ring (bicyclic) bond motifs is 1. The Bertz CT molecular complexity index is 924. The number of anilines is 1. The number of hydrogen-bond donors (Lipinski definition) is 2. The maximum absolute atomic E-state index is 12.6. The lowest BCUT2D eigenvalue weighted by Crippen LogP contribution is -2.27. The van der Waals surface area contributed by atoms with Crippen LogP contribution >= 0.6 is 11.3 Å². The van der Waals surface area contributed by atoms with Crippen LogP contribution in [0.2, 0.25) is 0 Å². The van der Waals surface area contributed by atoms with Crippen LogP contribution in [0.15, 0.2) is 29.2 Å². The van der Waals surface area contributed by atoms with Crippen LogP contribution in [0.5, 0.6) is 0 Å². The standard InChI is InChI=1S/C18H23N3O4S2/c1-12-6-7-15-16(10-12)26-18(20-15)21-17(22)13-4-3-5-14(11-13)27(23,24)19-8-9-25-2/h3-5,11-12,19H,6-10H2,1-2H3,(H,20,21,22)/t12-/m0/s1. The Morgan fingerprint density at radius 3 is 3.00 bits per heavy atom. The molecule has 3 rings (SSSR count). The van der Waals surface area contributed by atoms with Gasteiger partial charge >= 0.3 is 0 Å². The molecule has 27 heavy (non-hydrogen) atoms. The molecular weight excluding hydrogens is 386 g/mol. The molecule has 0 saturated carbocycles. The summed E-state index contributed by atoms with van der Waals surface area (Å²) in [4.78, 5) is 18.3. The first-order valence-corrected chi connectivity index (χ1v) is 11.1. The third-order valence-electron chi connectivity index (χ3n) is 4.41. The van der Waals surface area contributed by atoms with Gasteiger partial charge in [0.15, 0.2) is 5.13 Å². The number of hydrogen-bond acceptors (Lipinski definition) is 6. The second kappa shape index (κ2) is 8.47. The minimum atomic E-state index is -3.69. The smallest absolute Gasteiger partial charge is 0.257 e. The number of nitrogens with zero attached hydrogens (tertiary/aromatic N) is 1. The number of sulfonamides is 1. The first-order valence-electron chi connectivity index (χ1n) is 8.77. The van der Waals surface area contributed by atoms with Gasteiger partial charge in [-0.1, -0.05) is 13.0 Å². The number of aromatic nitrogens is 1. The summed E-state index contributed by atoms with van der Waals surface area (Å²) in [6, 6.07) is 5.95. The van der Waals surface area contributed by atoms with E-state index in [4.69, 9.17) is 4.74 Å². The summed E-state index contributed by atoms with van der Waals surface area (Å²) in [5.74, 6) is 0.261. The lowest BCUT2D eigenvalue weighted by atomic mass is 9.93. The first kappa shape index (κ1) is 19.9. The highest BCUT2D eigenvalue weighted by atomic mass is 32.2. The molecule has 0 bridgehead atoms. The molecule has 2 N–H and O–H groups in total. The molecule has 1 aliphatic rings. The van der Waals surface area contributed by atoms with Gasteiger partial charge in [0, 0.05) is 24.1 Å². The lowest BCUT2D eigenvalue weighted by molar-refractivity contribution is 0.102. The number of rotatable bonds is 7. The molecule has 1 aromatic carbocycles. The van der Waals surface area contributed by atoms with Gasteiger partial charge in [0.2, 0.25) is 10.0 Å². The van der Waals surface area contributed by atoms with Crippen LogP contribution in [0, 0.1) is 5.92 Å². The van der Waals surface area contributed by atoms with E-state index in [-0.39, 0.29) is 29.5 Å². The predicted octanol–water partition coefficient (Wildman–Crippen LogP) is 2.44. The Morgan fingerprint density at radius 2 is 2.22 bits per heavy atom. The van der Waals surface area contributed by atoms with Crippen molar-refractivity contribution in [2.24, 2.45) is 5.92 Å². The Kier molecular flexibility index (Phi) is 6.25. The molecule has 0 fully saturated rings. The maximum Gasteiger partial charge on any atom is 0.257 e. The van der Waals surface area contributed by atoms with Crippen molar-refractivity contribution in [3.8, 4) is 0 Å². The summed E-state index contributed by atoms with van der Waals surface area (Å²) >= 11 is 1.50. The van der Waals surface area contributed by atoms with Crippen molar-refractivity contribution in [2.75, 3.05) is 25.6 Å². The van der Waals surface area contributed by atoms with Gasteiger partial charge in [-0.15, -0.1) is 11.3 Å². The molecule has 1 amide bonds. The van der Waals surface area contributed by atoms with Crippen molar-refractivity contribution in [3.05, 3.63) is 40.4 Å². The van der Waals surface area contributed by atoms with E-state index < -0.39 is 10.0 Å². The zero-order valence-corrected chi connectivity index (χ0v) is 17.0. The Morgan fingerprint density at radius 1 is 1.41 bits per heavy atom. The van der Waals surface area contributed by atoms with E-state index >= 15 is 0 Å². The average Bonchev–Trinajstić information content (AvgIpc) is 3.03. The van der Waals surface area contributed by atoms with E-state index in [9.17, 15) is 13.2 Å². The van der Waals surface area contributed by atoms with Crippen LogP contribution in [0.25, 0.3) is 0 Å². The van der Waals surface area contributed by atoms with Crippen molar-refractivity contribution < 1.29 is 17.9 Å². The number of benzene rings is 1. The lowest BCUT2D eigenvalue weighted by Gasteiger charge is -2.15. The van der Waals surface area contributed by atoms with Crippen LogP contribution in [-0.2, 0) is 27.6 Å². The van der Waals surface area contributed by atoms with Gasteiger partial charge < -0.3 is 4.74 Å². The molecule has 1 aromatic heterocycles. The van der Waals surface area contributed by atoms with E-state index in [1.54, 1.807) is 12.1 Å². The SMILES string of the molecule is COCCNS(=O)(=O)c1cccc(C(=O)Nc2nc3c(s2)C[C@@H](C)CC3)c1. The fraction of sp³-hybridized carbons (Fsp3) is 0.444. The molecule has 0 saturated heterocycles. The van der Waals surface area contributed by atoms with Gasteiger partial charge in [-0.25, -0.2) is 18.1 Å². The van der Waals surface area contributed by atoms with Crippen LogP contribution in [-0.4, -0.2) is 39.6 Å². The maximum atomic E-state index is 12.6. The molecule has 2 aromatic rings. The average molecular weight is 410 g/mol.